The topological polar surface area (TPSA) is 78.4 Å². The van der Waals surface area contributed by atoms with Crippen molar-refractivity contribution in [2.24, 2.45) is 11.1 Å². The molecule has 2 aliphatic carbocycles. The average Bonchev–Trinajstić information content (AvgIpc) is 2.49. The number of nitrogens with zero attached hydrogens (tertiary/aromatic N) is 1. The monoisotopic (exact) mass is 294 g/mol. The predicted molar refractivity (Wildman–Crippen MR) is 75.6 cm³/mol. The molecule has 0 saturated heterocycles. The summed E-state index contributed by atoms with van der Waals surface area (Å²) in [4.78, 5) is 10.0. The quantitative estimate of drug-likeness (QED) is 0.686. The van der Waals surface area contributed by atoms with Crippen molar-refractivity contribution in [3.63, 3.8) is 0 Å². The van der Waals surface area contributed by atoms with Crippen molar-refractivity contribution >= 4 is 5.69 Å². The van der Waals surface area contributed by atoms with Gasteiger partial charge >= 0.3 is 0 Å². The molecule has 2 unspecified atom stereocenters. The second-order valence-corrected chi connectivity index (χ2v) is 6.11. The van der Waals surface area contributed by atoms with Crippen molar-refractivity contribution in [2.45, 2.75) is 50.7 Å². The van der Waals surface area contributed by atoms with Gasteiger partial charge in [-0.1, -0.05) is 19.3 Å². The van der Waals surface area contributed by atoms with Gasteiger partial charge in [0, 0.05) is 23.9 Å². The lowest BCUT2D eigenvalue weighted by Crippen LogP contribution is -2.64. The van der Waals surface area contributed by atoms with Crippen LogP contribution >= 0.6 is 0 Å². The molecule has 2 saturated carbocycles. The number of nitro groups is 1. The first kappa shape index (κ1) is 14.3. The van der Waals surface area contributed by atoms with Gasteiger partial charge in [-0.15, -0.1) is 0 Å². The molecule has 0 radical (unpaired) electrons. The standard InChI is InChI=1S/C15H19FN2O3/c16-11-8-10(18(19)20)4-5-12(11)21-14-9-13(17)15(14)6-2-1-3-7-15/h4-5,8,13-14H,1-3,6-7,9,17H2. The Kier molecular flexibility index (Phi) is 3.57. The number of hydrogen-bond donors (Lipinski definition) is 1. The van der Waals surface area contributed by atoms with E-state index in [9.17, 15) is 14.5 Å². The molecular formula is C15H19FN2O3. The fraction of sp³-hybridized carbons (Fsp3) is 0.600. The van der Waals surface area contributed by atoms with Gasteiger partial charge in [-0.05, 0) is 18.9 Å². The number of nitro benzene ring substituents is 1. The summed E-state index contributed by atoms with van der Waals surface area (Å²) in [5.74, 6) is -0.599. The zero-order valence-corrected chi connectivity index (χ0v) is 11.8. The molecule has 2 aliphatic rings. The number of non-ortho nitro benzene ring substituents is 1. The number of rotatable bonds is 3. The summed E-state index contributed by atoms with van der Waals surface area (Å²) in [5.41, 5.74) is 5.87. The molecule has 0 bridgehead atoms. The summed E-state index contributed by atoms with van der Waals surface area (Å²) in [7, 11) is 0. The summed E-state index contributed by atoms with van der Waals surface area (Å²) < 4.78 is 19.7. The van der Waals surface area contributed by atoms with Gasteiger partial charge in [-0.3, -0.25) is 10.1 Å². The predicted octanol–water partition coefficient (Wildman–Crippen LogP) is 3.16. The first-order valence-electron chi connectivity index (χ1n) is 7.39. The molecule has 1 spiro atoms. The lowest BCUT2D eigenvalue weighted by Gasteiger charge is -2.56. The number of hydrogen-bond acceptors (Lipinski definition) is 4. The highest BCUT2D eigenvalue weighted by Crippen LogP contribution is 2.52. The van der Waals surface area contributed by atoms with Gasteiger partial charge in [0.15, 0.2) is 11.6 Å². The van der Waals surface area contributed by atoms with E-state index in [1.54, 1.807) is 0 Å². The second-order valence-electron chi connectivity index (χ2n) is 6.11. The van der Waals surface area contributed by atoms with Crippen molar-refractivity contribution in [1.29, 1.82) is 0 Å². The summed E-state index contributed by atoms with van der Waals surface area (Å²) in [6, 6.07) is 3.63. The van der Waals surface area contributed by atoms with Gasteiger partial charge in [0.25, 0.3) is 5.69 Å². The molecule has 5 nitrogen and oxygen atoms in total. The van der Waals surface area contributed by atoms with E-state index in [1.165, 1.54) is 18.6 Å². The van der Waals surface area contributed by atoms with Crippen LogP contribution in [0.2, 0.25) is 0 Å². The van der Waals surface area contributed by atoms with Crippen molar-refractivity contribution in [1.82, 2.24) is 0 Å². The third kappa shape index (κ3) is 2.37. The minimum atomic E-state index is -0.685. The van der Waals surface area contributed by atoms with Crippen LogP contribution in [0.15, 0.2) is 18.2 Å². The van der Waals surface area contributed by atoms with Crippen LogP contribution in [0.1, 0.15) is 38.5 Å². The highest BCUT2D eigenvalue weighted by molar-refractivity contribution is 5.38. The van der Waals surface area contributed by atoms with Crippen LogP contribution in [0.5, 0.6) is 5.75 Å². The van der Waals surface area contributed by atoms with Crippen LogP contribution < -0.4 is 10.5 Å². The minimum Gasteiger partial charge on any atom is -0.487 e. The van der Waals surface area contributed by atoms with E-state index in [4.69, 9.17) is 10.5 Å². The molecule has 1 aromatic carbocycles. The van der Waals surface area contributed by atoms with Crippen molar-refractivity contribution in [2.75, 3.05) is 0 Å². The molecule has 0 aliphatic heterocycles. The van der Waals surface area contributed by atoms with Crippen LogP contribution in [-0.2, 0) is 0 Å². The molecular weight excluding hydrogens is 275 g/mol. The molecule has 0 amide bonds. The largest absolute Gasteiger partial charge is 0.487 e. The normalized spacial score (nSPS) is 27.1. The summed E-state index contributed by atoms with van der Waals surface area (Å²) in [6.07, 6.45) is 6.17. The fourth-order valence-electron chi connectivity index (χ4n) is 3.70. The first-order valence-corrected chi connectivity index (χ1v) is 7.39. The Morgan fingerprint density at radius 2 is 2.05 bits per heavy atom. The van der Waals surface area contributed by atoms with Crippen LogP contribution in [0.4, 0.5) is 10.1 Å². The number of ether oxygens (including phenoxy) is 1. The van der Waals surface area contributed by atoms with Crippen LogP contribution in [-0.4, -0.2) is 17.1 Å². The van der Waals surface area contributed by atoms with Gasteiger partial charge in [0.2, 0.25) is 0 Å². The molecule has 2 fully saturated rings. The van der Waals surface area contributed by atoms with Gasteiger partial charge < -0.3 is 10.5 Å². The van der Waals surface area contributed by atoms with Crippen molar-refractivity contribution < 1.29 is 14.1 Å². The molecule has 6 heteroatoms. The lowest BCUT2D eigenvalue weighted by atomic mass is 9.55. The maximum atomic E-state index is 13.9. The Labute approximate surface area is 122 Å². The molecule has 3 rings (SSSR count). The molecule has 0 aromatic heterocycles. The lowest BCUT2D eigenvalue weighted by molar-refractivity contribution is -0.385. The summed E-state index contributed by atoms with van der Waals surface area (Å²) >= 11 is 0. The third-order valence-corrected chi connectivity index (χ3v) is 5.03. The number of nitrogens with two attached hydrogens (primary N) is 1. The number of halogens is 1. The smallest absolute Gasteiger partial charge is 0.272 e. The first-order chi connectivity index (χ1) is 10.0. The van der Waals surface area contributed by atoms with E-state index in [2.05, 4.69) is 0 Å². The van der Waals surface area contributed by atoms with Crippen LogP contribution in [0.3, 0.4) is 0 Å². The maximum absolute atomic E-state index is 13.9. The van der Waals surface area contributed by atoms with E-state index in [0.29, 0.717) is 0 Å². The average molecular weight is 294 g/mol. The Bertz CT molecular complexity index is 558. The van der Waals surface area contributed by atoms with Crippen molar-refractivity contribution in [3.05, 3.63) is 34.1 Å². The van der Waals surface area contributed by atoms with Gasteiger partial charge in [-0.2, -0.15) is 0 Å². The zero-order valence-electron chi connectivity index (χ0n) is 11.8. The van der Waals surface area contributed by atoms with E-state index in [-0.39, 0.29) is 29.0 Å². The Morgan fingerprint density at radius 1 is 1.33 bits per heavy atom. The minimum absolute atomic E-state index is 0.0353. The van der Waals surface area contributed by atoms with Gasteiger partial charge in [0.05, 0.1) is 11.0 Å². The zero-order chi connectivity index (χ0) is 15.0. The molecule has 2 atom stereocenters. The highest BCUT2D eigenvalue weighted by Gasteiger charge is 2.55. The molecule has 0 heterocycles. The van der Waals surface area contributed by atoms with E-state index >= 15 is 0 Å². The van der Waals surface area contributed by atoms with Crippen LogP contribution in [0.25, 0.3) is 0 Å². The van der Waals surface area contributed by atoms with E-state index < -0.39 is 10.7 Å². The van der Waals surface area contributed by atoms with Crippen molar-refractivity contribution in [3.8, 4) is 5.75 Å². The fourth-order valence-corrected chi connectivity index (χ4v) is 3.70. The highest BCUT2D eigenvalue weighted by atomic mass is 19.1. The molecule has 114 valence electrons. The second kappa shape index (κ2) is 5.26. The summed E-state index contributed by atoms with van der Waals surface area (Å²) in [5, 5.41) is 10.6. The Balaban J connectivity index is 1.76. The SMILES string of the molecule is NC1CC(Oc2ccc([N+](=O)[O-])cc2F)C12CCCCC2. The maximum Gasteiger partial charge on any atom is 0.272 e. The third-order valence-electron chi connectivity index (χ3n) is 5.03. The van der Waals surface area contributed by atoms with Gasteiger partial charge in [0.1, 0.15) is 6.10 Å². The summed E-state index contributed by atoms with van der Waals surface area (Å²) in [6.45, 7) is 0. The van der Waals surface area contributed by atoms with Crippen LogP contribution in [0, 0.1) is 21.3 Å². The van der Waals surface area contributed by atoms with E-state index in [0.717, 1.165) is 38.2 Å². The Hall–Kier alpha value is -1.69. The Morgan fingerprint density at radius 3 is 2.62 bits per heavy atom. The molecule has 1 aromatic rings. The van der Waals surface area contributed by atoms with Gasteiger partial charge in [-0.25, -0.2) is 4.39 Å². The molecule has 21 heavy (non-hydrogen) atoms. The molecule has 2 N–H and O–H groups in total. The number of benzene rings is 1. The van der Waals surface area contributed by atoms with E-state index in [1.807, 2.05) is 0 Å².